The monoisotopic (exact) mass is 175 g/mol. The van der Waals surface area contributed by atoms with E-state index in [1.165, 1.54) is 11.1 Å². The highest BCUT2D eigenvalue weighted by Gasteiger charge is 2.04. The third kappa shape index (κ3) is 1.28. The summed E-state index contributed by atoms with van der Waals surface area (Å²) in [6, 6.07) is 6.23. The summed E-state index contributed by atoms with van der Waals surface area (Å²) in [7, 11) is 2.09. The first-order valence-corrected chi connectivity index (χ1v) is 4.49. The number of hydrogen-bond acceptors (Lipinski definition) is 2. The molecule has 0 aliphatic carbocycles. The predicted molar refractivity (Wildman–Crippen MR) is 55.2 cm³/mol. The second-order valence-electron chi connectivity index (χ2n) is 3.17. The second-order valence-corrected chi connectivity index (χ2v) is 3.17. The molecule has 0 aliphatic heterocycles. The van der Waals surface area contributed by atoms with Gasteiger partial charge in [0.25, 0.3) is 0 Å². The lowest BCUT2D eigenvalue weighted by molar-refractivity contribution is 0.572. The molecule has 0 bridgehead atoms. The standard InChI is InChI=1S/C11H13NO/c1-3-12(2)11-6-4-5-9-7-13-8-10(9)11/h4-8H,3H2,1-2H3. The van der Waals surface area contributed by atoms with E-state index in [1.807, 2.05) is 0 Å². The maximum atomic E-state index is 5.17. The normalized spacial score (nSPS) is 10.6. The highest BCUT2D eigenvalue weighted by molar-refractivity contribution is 5.93. The van der Waals surface area contributed by atoms with Crippen LogP contribution in [-0.4, -0.2) is 13.6 Å². The van der Waals surface area contributed by atoms with Crippen LogP contribution in [0.5, 0.6) is 0 Å². The van der Waals surface area contributed by atoms with Gasteiger partial charge >= 0.3 is 0 Å². The Morgan fingerprint density at radius 2 is 2.15 bits per heavy atom. The SMILES string of the molecule is CCN(C)c1cccc2cocc12. The Balaban J connectivity index is 2.60. The molecule has 1 heterocycles. The van der Waals surface area contributed by atoms with Gasteiger partial charge in [-0.05, 0) is 13.0 Å². The third-order valence-electron chi connectivity index (χ3n) is 2.38. The van der Waals surface area contributed by atoms with Gasteiger partial charge in [0.05, 0.1) is 6.26 Å². The van der Waals surface area contributed by atoms with E-state index >= 15 is 0 Å². The van der Waals surface area contributed by atoms with Crippen LogP contribution in [-0.2, 0) is 0 Å². The van der Waals surface area contributed by atoms with E-state index in [0.29, 0.717) is 0 Å². The van der Waals surface area contributed by atoms with E-state index in [0.717, 1.165) is 11.9 Å². The van der Waals surface area contributed by atoms with E-state index in [4.69, 9.17) is 4.42 Å². The second kappa shape index (κ2) is 3.13. The molecule has 0 atom stereocenters. The number of hydrogen-bond donors (Lipinski definition) is 0. The summed E-state index contributed by atoms with van der Waals surface area (Å²) in [5, 5.41) is 2.35. The average molecular weight is 175 g/mol. The Kier molecular flexibility index (Phi) is 1.97. The van der Waals surface area contributed by atoms with Gasteiger partial charge in [0.15, 0.2) is 0 Å². The largest absolute Gasteiger partial charge is 0.471 e. The summed E-state index contributed by atoms with van der Waals surface area (Å²) < 4.78 is 5.17. The summed E-state index contributed by atoms with van der Waals surface area (Å²) in [6.45, 7) is 3.14. The maximum absolute atomic E-state index is 5.17. The van der Waals surface area contributed by atoms with Gasteiger partial charge in [0, 0.05) is 30.1 Å². The molecule has 2 nitrogen and oxygen atoms in total. The van der Waals surface area contributed by atoms with Crippen molar-refractivity contribution in [3.8, 4) is 0 Å². The lowest BCUT2D eigenvalue weighted by Gasteiger charge is -2.17. The highest BCUT2D eigenvalue weighted by Crippen LogP contribution is 2.26. The Labute approximate surface area is 77.8 Å². The molecule has 1 aromatic carbocycles. The third-order valence-corrected chi connectivity index (χ3v) is 2.38. The van der Waals surface area contributed by atoms with Gasteiger partial charge in [0.1, 0.15) is 6.26 Å². The van der Waals surface area contributed by atoms with Crippen LogP contribution in [0, 0.1) is 0 Å². The van der Waals surface area contributed by atoms with Gasteiger partial charge < -0.3 is 9.32 Å². The minimum atomic E-state index is 1.00. The van der Waals surface area contributed by atoms with Crippen molar-refractivity contribution >= 4 is 16.5 Å². The number of furan rings is 1. The van der Waals surface area contributed by atoms with Crippen LogP contribution < -0.4 is 4.90 Å². The molecule has 0 saturated heterocycles. The molecular formula is C11H13NO. The quantitative estimate of drug-likeness (QED) is 0.697. The van der Waals surface area contributed by atoms with Crippen molar-refractivity contribution in [2.75, 3.05) is 18.5 Å². The van der Waals surface area contributed by atoms with Crippen LogP contribution in [0.3, 0.4) is 0 Å². The first-order chi connectivity index (χ1) is 6.33. The van der Waals surface area contributed by atoms with Crippen LogP contribution in [0.2, 0.25) is 0 Å². The van der Waals surface area contributed by atoms with Crippen LogP contribution in [0.1, 0.15) is 6.92 Å². The molecule has 13 heavy (non-hydrogen) atoms. The number of fused-ring (bicyclic) bond motifs is 1. The Bertz CT molecular complexity index is 405. The van der Waals surface area contributed by atoms with Gasteiger partial charge in [-0.25, -0.2) is 0 Å². The molecule has 0 unspecified atom stereocenters. The molecule has 68 valence electrons. The molecular weight excluding hydrogens is 162 g/mol. The molecule has 0 amide bonds. The minimum Gasteiger partial charge on any atom is -0.471 e. The summed E-state index contributed by atoms with van der Waals surface area (Å²) >= 11 is 0. The molecule has 2 rings (SSSR count). The van der Waals surface area contributed by atoms with Crippen molar-refractivity contribution in [3.63, 3.8) is 0 Å². The van der Waals surface area contributed by atoms with E-state index < -0.39 is 0 Å². The fraction of sp³-hybridized carbons (Fsp3) is 0.273. The van der Waals surface area contributed by atoms with Gasteiger partial charge in [-0.3, -0.25) is 0 Å². The minimum absolute atomic E-state index is 1.00. The average Bonchev–Trinajstić information content (AvgIpc) is 2.63. The maximum Gasteiger partial charge on any atom is 0.100 e. The summed E-state index contributed by atoms with van der Waals surface area (Å²) in [5.74, 6) is 0. The number of benzene rings is 1. The Morgan fingerprint density at radius 1 is 1.31 bits per heavy atom. The summed E-state index contributed by atoms with van der Waals surface area (Å²) in [6.07, 6.45) is 3.58. The molecule has 2 aromatic rings. The first-order valence-electron chi connectivity index (χ1n) is 4.49. The van der Waals surface area contributed by atoms with E-state index in [-0.39, 0.29) is 0 Å². The fourth-order valence-corrected chi connectivity index (χ4v) is 1.48. The van der Waals surface area contributed by atoms with Gasteiger partial charge in [-0.1, -0.05) is 12.1 Å². The number of rotatable bonds is 2. The lowest BCUT2D eigenvalue weighted by Crippen LogP contribution is -2.15. The van der Waals surface area contributed by atoms with Gasteiger partial charge in [-0.2, -0.15) is 0 Å². The molecule has 0 radical (unpaired) electrons. The van der Waals surface area contributed by atoms with Crippen LogP contribution in [0.15, 0.2) is 35.1 Å². The van der Waals surface area contributed by atoms with Gasteiger partial charge in [-0.15, -0.1) is 0 Å². The molecule has 1 aromatic heterocycles. The van der Waals surface area contributed by atoms with Gasteiger partial charge in [0.2, 0.25) is 0 Å². The summed E-state index contributed by atoms with van der Waals surface area (Å²) in [4.78, 5) is 2.21. The zero-order valence-corrected chi connectivity index (χ0v) is 7.95. The molecule has 0 fully saturated rings. The number of nitrogens with zero attached hydrogens (tertiary/aromatic N) is 1. The molecule has 0 aliphatic rings. The molecule has 0 spiro atoms. The zero-order chi connectivity index (χ0) is 9.26. The molecule has 0 saturated carbocycles. The van der Waals surface area contributed by atoms with Crippen molar-refractivity contribution in [1.82, 2.24) is 0 Å². The van der Waals surface area contributed by atoms with E-state index in [2.05, 4.69) is 37.1 Å². The topological polar surface area (TPSA) is 16.4 Å². The van der Waals surface area contributed by atoms with Crippen LogP contribution >= 0.6 is 0 Å². The summed E-state index contributed by atoms with van der Waals surface area (Å²) in [5.41, 5.74) is 1.23. The first kappa shape index (κ1) is 8.17. The van der Waals surface area contributed by atoms with Crippen molar-refractivity contribution in [2.24, 2.45) is 0 Å². The van der Waals surface area contributed by atoms with E-state index in [1.54, 1.807) is 12.5 Å². The molecule has 2 heteroatoms. The van der Waals surface area contributed by atoms with Crippen LogP contribution in [0.4, 0.5) is 5.69 Å². The van der Waals surface area contributed by atoms with Crippen molar-refractivity contribution in [2.45, 2.75) is 6.92 Å². The van der Waals surface area contributed by atoms with Crippen molar-refractivity contribution < 1.29 is 4.42 Å². The fourth-order valence-electron chi connectivity index (χ4n) is 1.48. The van der Waals surface area contributed by atoms with Crippen molar-refractivity contribution in [3.05, 3.63) is 30.7 Å². The number of anilines is 1. The Hall–Kier alpha value is -1.44. The van der Waals surface area contributed by atoms with E-state index in [9.17, 15) is 0 Å². The Morgan fingerprint density at radius 3 is 2.92 bits per heavy atom. The highest BCUT2D eigenvalue weighted by atomic mass is 16.3. The predicted octanol–water partition coefficient (Wildman–Crippen LogP) is 2.89. The zero-order valence-electron chi connectivity index (χ0n) is 7.95. The molecule has 0 N–H and O–H groups in total. The smallest absolute Gasteiger partial charge is 0.100 e. The lowest BCUT2D eigenvalue weighted by atomic mass is 10.2. The van der Waals surface area contributed by atoms with Crippen LogP contribution in [0.25, 0.3) is 10.8 Å². The van der Waals surface area contributed by atoms with Crippen molar-refractivity contribution in [1.29, 1.82) is 0 Å².